The molecule has 0 aromatic heterocycles. The van der Waals surface area contributed by atoms with Gasteiger partial charge in [-0.05, 0) is 25.7 Å². The minimum Gasteiger partial charge on any atom is -0.481 e. The van der Waals surface area contributed by atoms with E-state index in [9.17, 15) is 14.7 Å². The van der Waals surface area contributed by atoms with E-state index in [1.165, 1.54) is 0 Å². The van der Waals surface area contributed by atoms with Crippen molar-refractivity contribution in [3.8, 4) is 0 Å². The molecular weight excluding hydrogens is 272 g/mol. The molecule has 2 fully saturated rings. The summed E-state index contributed by atoms with van der Waals surface area (Å²) in [6.07, 6.45) is 3.62. The van der Waals surface area contributed by atoms with Crippen LogP contribution in [0.2, 0.25) is 0 Å². The van der Waals surface area contributed by atoms with Crippen LogP contribution in [0.25, 0.3) is 0 Å². The van der Waals surface area contributed by atoms with Gasteiger partial charge in [-0.15, -0.1) is 0 Å². The van der Waals surface area contributed by atoms with E-state index in [1.54, 1.807) is 12.0 Å². The third-order valence-corrected chi connectivity index (χ3v) is 4.79. The zero-order valence-corrected chi connectivity index (χ0v) is 12.9. The largest absolute Gasteiger partial charge is 0.481 e. The summed E-state index contributed by atoms with van der Waals surface area (Å²) < 4.78 is 5.27. The first-order chi connectivity index (χ1) is 10.0. The maximum atomic E-state index is 12.6. The second-order valence-corrected chi connectivity index (χ2v) is 6.25. The fourth-order valence-corrected chi connectivity index (χ4v) is 3.58. The molecule has 0 bridgehead atoms. The zero-order chi connectivity index (χ0) is 15.5. The predicted octanol–water partition coefficient (Wildman–Crippen LogP) is 0.857. The normalized spacial score (nSPS) is 33.1. The summed E-state index contributed by atoms with van der Waals surface area (Å²) in [5, 5.41) is 12.8. The molecule has 2 saturated heterocycles. The number of carboxylic acid groups (broad SMARTS) is 1. The van der Waals surface area contributed by atoms with Gasteiger partial charge in [0.05, 0.1) is 17.6 Å². The molecule has 6 nitrogen and oxygen atoms in total. The molecule has 120 valence electrons. The number of likely N-dealkylation sites (tertiary alicyclic amines) is 1. The third-order valence-electron chi connectivity index (χ3n) is 4.79. The molecule has 0 aliphatic carbocycles. The number of hydrogen-bond donors (Lipinski definition) is 2. The maximum absolute atomic E-state index is 12.6. The van der Waals surface area contributed by atoms with Crippen LogP contribution in [-0.2, 0) is 14.3 Å². The highest BCUT2D eigenvalue weighted by Gasteiger charge is 2.44. The number of piperidine rings is 1. The molecule has 0 radical (unpaired) electrons. The smallest absolute Gasteiger partial charge is 0.311 e. The monoisotopic (exact) mass is 298 g/mol. The van der Waals surface area contributed by atoms with Gasteiger partial charge in [0.1, 0.15) is 0 Å². The van der Waals surface area contributed by atoms with Crippen LogP contribution in [0.4, 0.5) is 0 Å². The quantitative estimate of drug-likeness (QED) is 0.787. The number of nitrogens with one attached hydrogen (secondary N) is 1. The Labute approximate surface area is 125 Å². The van der Waals surface area contributed by atoms with Crippen molar-refractivity contribution in [2.24, 2.45) is 5.41 Å². The number of carbonyl (C=O) groups is 2. The lowest BCUT2D eigenvalue weighted by atomic mass is 9.76. The highest BCUT2D eigenvalue weighted by Crippen LogP contribution is 2.35. The van der Waals surface area contributed by atoms with Crippen molar-refractivity contribution in [2.75, 3.05) is 26.7 Å². The van der Waals surface area contributed by atoms with Crippen molar-refractivity contribution >= 4 is 11.9 Å². The lowest BCUT2D eigenvalue weighted by Crippen LogP contribution is -2.53. The Morgan fingerprint density at radius 2 is 2.24 bits per heavy atom. The lowest BCUT2D eigenvalue weighted by molar-refractivity contribution is -0.156. The summed E-state index contributed by atoms with van der Waals surface area (Å²) in [6.45, 7) is 3.67. The number of nitrogens with zero attached hydrogens (tertiary/aromatic N) is 1. The van der Waals surface area contributed by atoms with E-state index in [0.29, 0.717) is 38.9 Å². The first-order valence-electron chi connectivity index (χ1n) is 7.81. The molecular formula is C15H26N2O4. The molecule has 2 rings (SSSR count). The van der Waals surface area contributed by atoms with Gasteiger partial charge in [0.2, 0.25) is 5.91 Å². The van der Waals surface area contributed by atoms with Crippen LogP contribution in [0.5, 0.6) is 0 Å². The van der Waals surface area contributed by atoms with Crippen molar-refractivity contribution in [2.45, 2.75) is 51.2 Å². The molecule has 0 aromatic carbocycles. The Morgan fingerprint density at radius 3 is 2.81 bits per heavy atom. The van der Waals surface area contributed by atoms with Gasteiger partial charge in [-0.1, -0.05) is 13.3 Å². The van der Waals surface area contributed by atoms with E-state index in [2.05, 4.69) is 5.32 Å². The predicted molar refractivity (Wildman–Crippen MR) is 78.0 cm³/mol. The molecule has 0 saturated carbocycles. The van der Waals surface area contributed by atoms with Crippen LogP contribution in [-0.4, -0.2) is 60.8 Å². The summed E-state index contributed by atoms with van der Waals surface area (Å²) in [6, 6.07) is -0.235. The number of carboxylic acids is 1. The Bertz CT molecular complexity index is 397. The third kappa shape index (κ3) is 3.37. The van der Waals surface area contributed by atoms with Gasteiger partial charge in [0, 0.05) is 26.7 Å². The molecule has 0 spiro atoms. The average Bonchev–Trinajstić information content (AvgIpc) is 2.96. The molecule has 3 unspecified atom stereocenters. The van der Waals surface area contributed by atoms with Gasteiger partial charge in [-0.25, -0.2) is 0 Å². The molecule has 2 heterocycles. The first kappa shape index (κ1) is 16.2. The Kier molecular flexibility index (Phi) is 5.22. The van der Waals surface area contributed by atoms with E-state index in [1.807, 2.05) is 6.92 Å². The summed E-state index contributed by atoms with van der Waals surface area (Å²) in [4.78, 5) is 26.0. The minimum absolute atomic E-state index is 0.0241. The number of ether oxygens (including phenoxy) is 1. The second kappa shape index (κ2) is 6.75. The number of hydrogen-bond acceptors (Lipinski definition) is 4. The molecule has 2 N–H and O–H groups in total. The highest BCUT2D eigenvalue weighted by molar-refractivity contribution is 5.84. The zero-order valence-electron chi connectivity index (χ0n) is 12.9. The Morgan fingerprint density at radius 1 is 1.48 bits per heavy atom. The maximum Gasteiger partial charge on any atom is 0.311 e. The fourth-order valence-electron chi connectivity index (χ4n) is 3.58. The van der Waals surface area contributed by atoms with Gasteiger partial charge < -0.3 is 20.1 Å². The average molecular weight is 298 g/mol. The van der Waals surface area contributed by atoms with E-state index in [-0.39, 0.29) is 18.1 Å². The van der Waals surface area contributed by atoms with Gasteiger partial charge in [-0.2, -0.15) is 0 Å². The van der Waals surface area contributed by atoms with Crippen LogP contribution in [0, 0.1) is 5.41 Å². The van der Waals surface area contributed by atoms with Crippen LogP contribution >= 0.6 is 0 Å². The van der Waals surface area contributed by atoms with Crippen LogP contribution in [0.3, 0.4) is 0 Å². The van der Waals surface area contributed by atoms with Crippen molar-refractivity contribution in [1.29, 1.82) is 0 Å². The van der Waals surface area contributed by atoms with Gasteiger partial charge in [0.15, 0.2) is 0 Å². The van der Waals surface area contributed by atoms with E-state index in [0.717, 1.165) is 12.8 Å². The van der Waals surface area contributed by atoms with Gasteiger partial charge in [-0.3, -0.25) is 9.59 Å². The summed E-state index contributed by atoms with van der Waals surface area (Å²) in [5.74, 6) is -0.744. The molecule has 1 amide bonds. The van der Waals surface area contributed by atoms with Crippen molar-refractivity contribution in [1.82, 2.24) is 10.2 Å². The number of methoxy groups -OCH3 is 1. The molecule has 2 aliphatic heterocycles. The second-order valence-electron chi connectivity index (χ2n) is 6.25. The number of rotatable bonds is 5. The van der Waals surface area contributed by atoms with Crippen LogP contribution in [0.15, 0.2) is 0 Å². The van der Waals surface area contributed by atoms with Crippen LogP contribution < -0.4 is 5.32 Å². The highest BCUT2D eigenvalue weighted by atomic mass is 16.5. The van der Waals surface area contributed by atoms with E-state index in [4.69, 9.17) is 4.74 Å². The number of amides is 1. The molecule has 6 heteroatoms. The first-order valence-corrected chi connectivity index (χ1v) is 7.81. The Balaban J connectivity index is 2.03. The Hall–Kier alpha value is -1.14. The fraction of sp³-hybridized carbons (Fsp3) is 0.867. The molecule has 0 aromatic rings. The van der Waals surface area contributed by atoms with Gasteiger partial charge in [0.25, 0.3) is 0 Å². The summed E-state index contributed by atoms with van der Waals surface area (Å²) in [5.41, 5.74) is -0.762. The molecule has 2 aliphatic rings. The van der Waals surface area contributed by atoms with Crippen molar-refractivity contribution in [3.63, 3.8) is 0 Å². The number of carbonyl (C=O) groups excluding carboxylic acids is 1. The summed E-state index contributed by atoms with van der Waals surface area (Å²) in [7, 11) is 1.65. The van der Waals surface area contributed by atoms with Crippen LogP contribution in [0.1, 0.15) is 39.0 Å². The van der Waals surface area contributed by atoms with E-state index >= 15 is 0 Å². The molecule has 21 heavy (non-hydrogen) atoms. The number of aliphatic carboxylic acids is 1. The topological polar surface area (TPSA) is 78.9 Å². The van der Waals surface area contributed by atoms with Crippen molar-refractivity contribution in [3.05, 3.63) is 0 Å². The standard InChI is InChI=1S/C15H26N2O4/c1-3-5-15(14(19)20)6-4-7-17(10-15)13(18)12-8-11(21-2)9-16-12/h11-12,16H,3-10H2,1-2H3,(H,19,20). The van der Waals surface area contributed by atoms with Gasteiger partial charge >= 0.3 is 5.97 Å². The molecule has 3 atom stereocenters. The summed E-state index contributed by atoms with van der Waals surface area (Å²) >= 11 is 0. The SMILES string of the molecule is CCCC1(C(=O)O)CCCN(C(=O)C2CC(OC)CN2)C1. The lowest BCUT2D eigenvalue weighted by Gasteiger charge is -2.40. The minimum atomic E-state index is -0.768. The van der Waals surface area contributed by atoms with E-state index < -0.39 is 11.4 Å². The van der Waals surface area contributed by atoms with Crippen molar-refractivity contribution < 1.29 is 19.4 Å².